The highest BCUT2D eigenvalue weighted by molar-refractivity contribution is 5.92. The molecule has 0 unspecified atom stereocenters. The number of benzene rings is 4. The lowest BCUT2D eigenvalue weighted by atomic mass is 10.1. The average molecular weight is 420 g/mol. The Balaban J connectivity index is 1.43. The van der Waals surface area contributed by atoms with E-state index in [4.69, 9.17) is 9.47 Å². The van der Waals surface area contributed by atoms with Gasteiger partial charge in [-0.2, -0.15) is 0 Å². The van der Waals surface area contributed by atoms with Crippen molar-refractivity contribution in [3.8, 4) is 11.5 Å². The second-order valence-electron chi connectivity index (χ2n) is 7.00. The zero-order valence-electron chi connectivity index (χ0n) is 17.2. The van der Waals surface area contributed by atoms with Crippen molar-refractivity contribution in [2.75, 3.05) is 0 Å². The maximum Gasteiger partial charge on any atom is 0.336 e. The first kappa shape index (κ1) is 20.8. The van der Waals surface area contributed by atoms with Crippen LogP contribution in [-0.2, 0) is 9.59 Å². The quantitative estimate of drug-likeness (QED) is 0.216. The summed E-state index contributed by atoms with van der Waals surface area (Å²) >= 11 is 0. The van der Waals surface area contributed by atoms with E-state index in [1.807, 2.05) is 72.8 Å². The van der Waals surface area contributed by atoms with Crippen molar-refractivity contribution < 1.29 is 19.1 Å². The molecular weight excluding hydrogens is 400 g/mol. The number of fused-ring (bicyclic) bond motifs is 1. The first-order chi connectivity index (χ1) is 15.7. The summed E-state index contributed by atoms with van der Waals surface area (Å²) in [4.78, 5) is 24.3. The maximum atomic E-state index is 12.1. The first-order valence-electron chi connectivity index (χ1n) is 10.1. The van der Waals surface area contributed by atoms with Crippen molar-refractivity contribution in [2.45, 2.75) is 0 Å². The van der Waals surface area contributed by atoms with E-state index in [9.17, 15) is 9.59 Å². The van der Waals surface area contributed by atoms with E-state index in [0.717, 1.165) is 21.9 Å². The van der Waals surface area contributed by atoms with Gasteiger partial charge in [0.1, 0.15) is 11.5 Å². The highest BCUT2D eigenvalue weighted by Gasteiger charge is 2.06. The second-order valence-corrected chi connectivity index (χ2v) is 7.00. The Hall–Kier alpha value is -4.44. The molecule has 0 bridgehead atoms. The highest BCUT2D eigenvalue weighted by atomic mass is 16.5. The van der Waals surface area contributed by atoms with Crippen molar-refractivity contribution in [1.29, 1.82) is 0 Å². The number of hydrogen-bond donors (Lipinski definition) is 0. The van der Waals surface area contributed by atoms with Gasteiger partial charge in [0.05, 0.1) is 0 Å². The third-order valence-corrected chi connectivity index (χ3v) is 4.64. The molecule has 0 radical (unpaired) electrons. The number of esters is 2. The van der Waals surface area contributed by atoms with Crippen LogP contribution in [0.1, 0.15) is 11.1 Å². The summed E-state index contributed by atoms with van der Waals surface area (Å²) in [5.41, 5.74) is 1.83. The van der Waals surface area contributed by atoms with Gasteiger partial charge in [0.2, 0.25) is 0 Å². The van der Waals surface area contributed by atoms with Gasteiger partial charge < -0.3 is 9.47 Å². The largest absolute Gasteiger partial charge is 0.423 e. The second kappa shape index (κ2) is 10.0. The molecular formula is C28H20O4. The predicted octanol–water partition coefficient (Wildman–Crippen LogP) is 6.08. The van der Waals surface area contributed by atoms with Gasteiger partial charge >= 0.3 is 11.9 Å². The number of carbonyl (C=O) groups is 2. The fourth-order valence-electron chi connectivity index (χ4n) is 3.09. The van der Waals surface area contributed by atoms with Crippen LogP contribution in [0, 0.1) is 0 Å². The molecule has 0 aromatic heterocycles. The van der Waals surface area contributed by atoms with Crippen LogP contribution in [0.3, 0.4) is 0 Å². The molecule has 32 heavy (non-hydrogen) atoms. The molecule has 0 amide bonds. The van der Waals surface area contributed by atoms with Crippen molar-refractivity contribution in [2.24, 2.45) is 0 Å². The molecule has 0 aliphatic rings. The molecule has 4 aromatic carbocycles. The Morgan fingerprint density at radius 2 is 0.969 bits per heavy atom. The van der Waals surface area contributed by atoms with E-state index in [2.05, 4.69) is 0 Å². The van der Waals surface area contributed by atoms with Crippen LogP contribution < -0.4 is 9.47 Å². The first-order valence-corrected chi connectivity index (χ1v) is 10.1. The lowest BCUT2D eigenvalue weighted by Gasteiger charge is -2.06. The summed E-state index contributed by atoms with van der Waals surface area (Å²) in [7, 11) is 0. The van der Waals surface area contributed by atoms with Gasteiger partial charge in [-0.3, -0.25) is 0 Å². The Bertz CT molecular complexity index is 1190. The lowest BCUT2D eigenvalue weighted by molar-refractivity contribution is -0.129. The molecule has 0 aliphatic heterocycles. The molecule has 156 valence electrons. The molecule has 0 fully saturated rings. The molecule has 0 saturated carbocycles. The Morgan fingerprint density at radius 3 is 1.41 bits per heavy atom. The van der Waals surface area contributed by atoms with Crippen molar-refractivity contribution in [3.63, 3.8) is 0 Å². The van der Waals surface area contributed by atoms with E-state index >= 15 is 0 Å². The Morgan fingerprint density at radius 1 is 0.531 bits per heavy atom. The molecule has 0 saturated heterocycles. The molecule has 0 aliphatic carbocycles. The smallest absolute Gasteiger partial charge is 0.336 e. The summed E-state index contributed by atoms with van der Waals surface area (Å²) < 4.78 is 10.8. The minimum atomic E-state index is -0.471. The fraction of sp³-hybridized carbons (Fsp3) is 0. The fourth-order valence-corrected chi connectivity index (χ4v) is 3.09. The van der Waals surface area contributed by atoms with Gasteiger partial charge in [0.25, 0.3) is 0 Å². The normalized spacial score (nSPS) is 11.1. The third-order valence-electron chi connectivity index (χ3n) is 4.64. The summed E-state index contributed by atoms with van der Waals surface area (Å²) in [6, 6.07) is 29.6. The van der Waals surface area contributed by atoms with Gasteiger partial charge in [-0.05, 0) is 58.3 Å². The molecule has 0 N–H and O–H groups in total. The minimum absolute atomic E-state index is 0.410. The van der Waals surface area contributed by atoms with Gasteiger partial charge in [0, 0.05) is 12.2 Å². The summed E-state index contributed by atoms with van der Waals surface area (Å²) in [6.45, 7) is 0. The van der Waals surface area contributed by atoms with Crippen LogP contribution in [0.5, 0.6) is 11.5 Å². The molecule has 4 nitrogen and oxygen atoms in total. The predicted molar refractivity (Wildman–Crippen MR) is 126 cm³/mol. The van der Waals surface area contributed by atoms with Crippen LogP contribution in [0.2, 0.25) is 0 Å². The minimum Gasteiger partial charge on any atom is -0.423 e. The standard InChI is InChI=1S/C28H20O4/c29-27(17-11-21-7-3-1-4-8-21)31-25-15-13-23-14-16-26(20-24(23)19-25)32-28(30)18-12-22-9-5-2-6-10-22/h1-20H/b17-11+,18-12+. The number of ether oxygens (including phenoxy) is 2. The molecule has 4 rings (SSSR count). The van der Waals surface area contributed by atoms with Gasteiger partial charge in [-0.25, -0.2) is 9.59 Å². The van der Waals surface area contributed by atoms with E-state index in [-0.39, 0.29) is 0 Å². The molecule has 0 atom stereocenters. The van der Waals surface area contributed by atoms with E-state index in [1.54, 1.807) is 36.4 Å². The van der Waals surface area contributed by atoms with Crippen LogP contribution >= 0.6 is 0 Å². The molecule has 4 aromatic rings. The molecule has 0 spiro atoms. The Kier molecular flexibility index (Phi) is 6.54. The van der Waals surface area contributed by atoms with Crippen molar-refractivity contribution in [3.05, 3.63) is 120 Å². The maximum absolute atomic E-state index is 12.1. The van der Waals surface area contributed by atoms with Gasteiger partial charge in [-0.1, -0.05) is 72.8 Å². The molecule has 4 heteroatoms. The summed E-state index contributed by atoms with van der Waals surface area (Å²) in [6.07, 6.45) is 6.17. The third kappa shape index (κ3) is 5.80. The number of hydrogen-bond acceptors (Lipinski definition) is 4. The van der Waals surface area contributed by atoms with Crippen LogP contribution in [0.15, 0.2) is 109 Å². The van der Waals surface area contributed by atoms with Crippen LogP contribution in [0.4, 0.5) is 0 Å². The topological polar surface area (TPSA) is 52.6 Å². The lowest BCUT2D eigenvalue weighted by Crippen LogP contribution is -2.04. The Labute approximate surface area is 186 Å². The van der Waals surface area contributed by atoms with Crippen LogP contribution in [-0.4, -0.2) is 11.9 Å². The number of rotatable bonds is 6. The van der Waals surface area contributed by atoms with Crippen molar-refractivity contribution in [1.82, 2.24) is 0 Å². The summed E-state index contributed by atoms with van der Waals surface area (Å²) in [5, 5.41) is 1.73. The van der Waals surface area contributed by atoms with E-state index in [0.29, 0.717) is 11.5 Å². The summed E-state index contributed by atoms with van der Waals surface area (Å²) in [5.74, 6) is -0.121. The SMILES string of the molecule is O=C(/C=C/c1ccccc1)Oc1ccc2ccc(OC(=O)/C=C/c3ccccc3)cc2c1. The van der Waals surface area contributed by atoms with Crippen molar-refractivity contribution >= 4 is 34.9 Å². The number of carbonyl (C=O) groups excluding carboxylic acids is 2. The molecule has 0 heterocycles. The monoisotopic (exact) mass is 420 g/mol. The van der Waals surface area contributed by atoms with E-state index in [1.165, 1.54) is 12.2 Å². The van der Waals surface area contributed by atoms with Crippen LogP contribution in [0.25, 0.3) is 22.9 Å². The zero-order chi connectivity index (χ0) is 22.2. The van der Waals surface area contributed by atoms with Gasteiger partial charge in [-0.15, -0.1) is 0 Å². The average Bonchev–Trinajstić information content (AvgIpc) is 2.82. The van der Waals surface area contributed by atoms with E-state index < -0.39 is 11.9 Å². The van der Waals surface area contributed by atoms with Gasteiger partial charge in [0.15, 0.2) is 0 Å². The zero-order valence-corrected chi connectivity index (χ0v) is 17.2. The highest BCUT2D eigenvalue weighted by Crippen LogP contribution is 2.25.